The number of hydrogen-bond acceptors (Lipinski definition) is 2. The van der Waals surface area contributed by atoms with E-state index in [1.165, 1.54) is 12.1 Å². The number of benzene rings is 2. The van der Waals surface area contributed by atoms with E-state index in [2.05, 4.69) is 22.3 Å². The molecule has 114 valence electrons. The molecule has 0 radical (unpaired) electrons. The first-order valence-corrected chi connectivity index (χ1v) is 7.23. The molecule has 1 aliphatic rings. The number of carbonyl (C=O) groups is 1. The van der Waals surface area contributed by atoms with Gasteiger partial charge in [0.2, 0.25) is 0 Å². The molecule has 4 nitrogen and oxygen atoms in total. The largest absolute Gasteiger partial charge is 0.368 e. The molecule has 1 aliphatic heterocycles. The molecule has 2 aromatic rings. The lowest BCUT2D eigenvalue weighted by atomic mass is 10.1. The van der Waals surface area contributed by atoms with E-state index in [4.69, 9.17) is 0 Å². The van der Waals surface area contributed by atoms with Gasteiger partial charge < -0.3 is 15.1 Å². The van der Waals surface area contributed by atoms with Gasteiger partial charge in [0.1, 0.15) is 5.82 Å². The highest BCUT2D eigenvalue weighted by atomic mass is 19.1. The highest BCUT2D eigenvalue weighted by Crippen LogP contribution is 2.21. The van der Waals surface area contributed by atoms with E-state index in [1.54, 1.807) is 17.0 Å². The number of nitrogens with one attached hydrogen (secondary N) is 1. The molecule has 0 bridgehead atoms. The molecule has 2 aromatic carbocycles. The average Bonchev–Trinajstić information content (AvgIpc) is 2.49. The minimum atomic E-state index is -0.313. The lowest BCUT2D eigenvalue weighted by molar-refractivity contribution is 0.163. The Morgan fingerprint density at radius 1 is 1.14 bits per heavy atom. The van der Waals surface area contributed by atoms with Crippen molar-refractivity contribution >= 4 is 17.4 Å². The van der Waals surface area contributed by atoms with Gasteiger partial charge in [0, 0.05) is 31.5 Å². The quantitative estimate of drug-likeness (QED) is 0.945. The molecule has 0 saturated carbocycles. The van der Waals surface area contributed by atoms with Gasteiger partial charge >= 0.3 is 6.03 Å². The third kappa shape index (κ3) is 3.03. The molecule has 5 heteroatoms. The molecule has 1 heterocycles. The second-order valence-electron chi connectivity index (χ2n) is 5.44. The molecule has 1 N–H and O–H groups in total. The molecular formula is C17H18FN3O. The Labute approximate surface area is 129 Å². The molecule has 3 rings (SSSR count). The van der Waals surface area contributed by atoms with Crippen LogP contribution in [0.15, 0.2) is 54.6 Å². The summed E-state index contributed by atoms with van der Waals surface area (Å²) in [6, 6.07) is 16.1. The smallest absolute Gasteiger partial charge is 0.321 e. The Bertz CT molecular complexity index is 639. The van der Waals surface area contributed by atoms with Crippen LogP contribution in [0.1, 0.15) is 0 Å². The van der Waals surface area contributed by atoms with Crippen molar-refractivity contribution in [2.45, 2.75) is 6.04 Å². The summed E-state index contributed by atoms with van der Waals surface area (Å²) in [5, 5.41) is 2.77. The van der Waals surface area contributed by atoms with Crippen molar-refractivity contribution < 1.29 is 9.18 Å². The number of likely N-dealkylation sites (tertiary alicyclic amines) is 1. The maximum atomic E-state index is 12.8. The molecule has 0 aliphatic carbocycles. The molecule has 0 unspecified atom stereocenters. The summed E-state index contributed by atoms with van der Waals surface area (Å²) >= 11 is 0. The number of anilines is 2. The molecule has 2 amide bonds. The fraction of sp³-hybridized carbons (Fsp3) is 0.235. The average molecular weight is 299 g/mol. The van der Waals surface area contributed by atoms with Crippen LogP contribution in [0.4, 0.5) is 20.6 Å². The van der Waals surface area contributed by atoms with Crippen molar-refractivity contribution in [1.29, 1.82) is 0 Å². The summed E-state index contributed by atoms with van der Waals surface area (Å²) in [6.45, 7) is 1.36. The van der Waals surface area contributed by atoms with Crippen LogP contribution in [0.5, 0.6) is 0 Å². The second kappa shape index (κ2) is 6.05. The predicted octanol–water partition coefficient (Wildman–Crippen LogP) is 3.18. The van der Waals surface area contributed by atoms with Crippen LogP contribution in [0.2, 0.25) is 0 Å². The van der Waals surface area contributed by atoms with E-state index >= 15 is 0 Å². The SMILES string of the molecule is CN(c1ccccc1)C1CN(C(=O)Nc2ccc(F)cc2)C1. The lowest BCUT2D eigenvalue weighted by Gasteiger charge is -2.44. The maximum absolute atomic E-state index is 12.8. The number of amides is 2. The first-order valence-electron chi connectivity index (χ1n) is 7.23. The third-order valence-electron chi connectivity index (χ3n) is 3.96. The molecule has 1 saturated heterocycles. The lowest BCUT2D eigenvalue weighted by Crippen LogP contribution is -2.61. The van der Waals surface area contributed by atoms with Gasteiger partial charge in [0.05, 0.1) is 6.04 Å². The van der Waals surface area contributed by atoms with Crippen molar-refractivity contribution in [1.82, 2.24) is 4.90 Å². The van der Waals surface area contributed by atoms with E-state index in [-0.39, 0.29) is 11.8 Å². The number of likely N-dealkylation sites (N-methyl/N-ethyl adjacent to an activating group) is 1. The number of halogens is 1. The van der Waals surface area contributed by atoms with Crippen LogP contribution < -0.4 is 10.2 Å². The summed E-state index contributed by atoms with van der Waals surface area (Å²) in [7, 11) is 2.04. The predicted molar refractivity (Wildman–Crippen MR) is 85.6 cm³/mol. The van der Waals surface area contributed by atoms with E-state index in [0.717, 1.165) is 5.69 Å². The number of para-hydroxylation sites is 1. The van der Waals surface area contributed by atoms with Gasteiger partial charge in [-0.15, -0.1) is 0 Å². The summed E-state index contributed by atoms with van der Waals surface area (Å²) in [6.07, 6.45) is 0. The van der Waals surface area contributed by atoms with Crippen LogP contribution in [-0.4, -0.2) is 37.1 Å². The number of carbonyl (C=O) groups excluding carboxylic acids is 1. The topological polar surface area (TPSA) is 35.6 Å². The third-order valence-corrected chi connectivity index (χ3v) is 3.96. The zero-order chi connectivity index (χ0) is 15.5. The van der Waals surface area contributed by atoms with E-state index in [0.29, 0.717) is 24.8 Å². The summed E-state index contributed by atoms with van der Waals surface area (Å²) < 4.78 is 12.8. The van der Waals surface area contributed by atoms with Crippen molar-refractivity contribution in [2.24, 2.45) is 0 Å². The summed E-state index contributed by atoms with van der Waals surface area (Å²) in [5.74, 6) is -0.313. The first kappa shape index (κ1) is 14.4. The number of urea groups is 1. The Balaban J connectivity index is 1.52. The van der Waals surface area contributed by atoms with Crippen LogP contribution >= 0.6 is 0 Å². The first-order chi connectivity index (χ1) is 10.6. The van der Waals surface area contributed by atoms with Crippen LogP contribution in [-0.2, 0) is 0 Å². The van der Waals surface area contributed by atoms with Gasteiger partial charge in [-0.3, -0.25) is 0 Å². The number of nitrogens with zero attached hydrogens (tertiary/aromatic N) is 2. The van der Waals surface area contributed by atoms with Crippen LogP contribution in [0, 0.1) is 5.82 Å². The number of rotatable bonds is 3. The Kier molecular flexibility index (Phi) is 3.96. The highest BCUT2D eigenvalue weighted by Gasteiger charge is 2.33. The van der Waals surface area contributed by atoms with Crippen LogP contribution in [0.25, 0.3) is 0 Å². The van der Waals surface area contributed by atoms with Gasteiger partial charge in [-0.25, -0.2) is 9.18 Å². The standard InChI is InChI=1S/C17H18FN3O/c1-20(15-5-3-2-4-6-15)16-11-21(12-16)17(22)19-14-9-7-13(18)8-10-14/h2-10,16H,11-12H2,1H3,(H,19,22). The Morgan fingerprint density at radius 3 is 2.41 bits per heavy atom. The Hall–Kier alpha value is -2.56. The van der Waals surface area contributed by atoms with E-state index in [1.807, 2.05) is 25.2 Å². The normalized spacial score (nSPS) is 14.4. The van der Waals surface area contributed by atoms with Crippen molar-refractivity contribution in [3.63, 3.8) is 0 Å². The molecule has 1 fully saturated rings. The fourth-order valence-electron chi connectivity index (χ4n) is 2.48. The van der Waals surface area contributed by atoms with Gasteiger partial charge in [-0.2, -0.15) is 0 Å². The number of hydrogen-bond donors (Lipinski definition) is 1. The Morgan fingerprint density at radius 2 is 1.77 bits per heavy atom. The molecule has 0 spiro atoms. The van der Waals surface area contributed by atoms with Crippen molar-refractivity contribution in [3.05, 3.63) is 60.4 Å². The second-order valence-corrected chi connectivity index (χ2v) is 5.44. The van der Waals surface area contributed by atoms with Gasteiger partial charge in [0.25, 0.3) is 0 Å². The highest BCUT2D eigenvalue weighted by molar-refractivity contribution is 5.90. The fourth-order valence-corrected chi connectivity index (χ4v) is 2.48. The van der Waals surface area contributed by atoms with Gasteiger partial charge in [-0.05, 0) is 36.4 Å². The zero-order valence-electron chi connectivity index (χ0n) is 12.4. The molecular weight excluding hydrogens is 281 g/mol. The molecule has 22 heavy (non-hydrogen) atoms. The monoisotopic (exact) mass is 299 g/mol. The zero-order valence-corrected chi connectivity index (χ0v) is 12.4. The van der Waals surface area contributed by atoms with E-state index < -0.39 is 0 Å². The molecule has 0 atom stereocenters. The summed E-state index contributed by atoms with van der Waals surface area (Å²) in [5.41, 5.74) is 1.75. The van der Waals surface area contributed by atoms with Gasteiger partial charge in [-0.1, -0.05) is 18.2 Å². The van der Waals surface area contributed by atoms with Gasteiger partial charge in [0.15, 0.2) is 0 Å². The maximum Gasteiger partial charge on any atom is 0.321 e. The van der Waals surface area contributed by atoms with Crippen LogP contribution in [0.3, 0.4) is 0 Å². The van der Waals surface area contributed by atoms with Crippen molar-refractivity contribution in [2.75, 3.05) is 30.4 Å². The van der Waals surface area contributed by atoms with E-state index in [9.17, 15) is 9.18 Å². The summed E-state index contributed by atoms with van der Waals surface area (Å²) in [4.78, 5) is 16.0. The minimum Gasteiger partial charge on any atom is -0.368 e. The molecule has 0 aromatic heterocycles. The van der Waals surface area contributed by atoms with Crippen molar-refractivity contribution in [3.8, 4) is 0 Å². The minimum absolute atomic E-state index is 0.149.